The van der Waals surface area contributed by atoms with Crippen LogP contribution < -0.4 is 15.9 Å². The maximum absolute atomic E-state index is 6.21. The fourth-order valence-electron chi connectivity index (χ4n) is 2.68. The van der Waals surface area contributed by atoms with Crippen LogP contribution in [0.3, 0.4) is 0 Å². The quantitative estimate of drug-likeness (QED) is 0.658. The maximum Gasteiger partial charge on any atom is 0.0700 e. The molecule has 0 saturated carbocycles. The summed E-state index contributed by atoms with van der Waals surface area (Å²) in [6.45, 7) is 0. The van der Waals surface area contributed by atoms with Crippen molar-refractivity contribution in [1.29, 1.82) is 0 Å². The average molecular weight is 330 g/mol. The maximum atomic E-state index is 6.21. The molecule has 1 radical (unpaired) electrons. The van der Waals surface area contributed by atoms with Gasteiger partial charge in [0.25, 0.3) is 0 Å². The van der Waals surface area contributed by atoms with Crippen LogP contribution in [0.15, 0.2) is 91.0 Å². The first-order valence-electron chi connectivity index (χ1n) is 6.99. The molecule has 0 fully saturated rings. The minimum atomic E-state index is -2.03. The van der Waals surface area contributed by atoms with E-state index in [9.17, 15) is 0 Å². The molecule has 3 aromatic rings. The average Bonchev–Trinajstić information content (AvgIpc) is 2.59. The van der Waals surface area contributed by atoms with E-state index in [1.165, 1.54) is 15.9 Å². The van der Waals surface area contributed by atoms with E-state index < -0.39 is 7.49 Å². The molecular formula is C19H19ClOP. The second kappa shape index (κ2) is 7.56. The van der Waals surface area contributed by atoms with Gasteiger partial charge in [-0.1, -0.05) is 91.0 Å². The lowest BCUT2D eigenvalue weighted by Gasteiger charge is -2.36. The Labute approximate surface area is 138 Å². The van der Waals surface area contributed by atoms with Crippen LogP contribution in [0.4, 0.5) is 0 Å². The Morgan fingerprint density at radius 1 is 0.545 bits per heavy atom. The first-order chi connectivity index (χ1) is 10.4. The summed E-state index contributed by atoms with van der Waals surface area (Å²) in [5.41, 5.74) is 0. The van der Waals surface area contributed by atoms with E-state index in [1.807, 2.05) is 25.3 Å². The van der Waals surface area contributed by atoms with Crippen molar-refractivity contribution in [3.8, 4) is 0 Å². The standard InChI is InChI=1S/C19H18OP.ClH/c1-20-21(17-11-5-2-6-12-17,18-13-7-3-8-14-18)19-15-9-4-10-16-19;/h2-16H,1H3;1H. The van der Waals surface area contributed by atoms with Crippen LogP contribution in [-0.2, 0) is 4.52 Å². The van der Waals surface area contributed by atoms with Crippen molar-refractivity contribution in [3.63, 3.8) is 0 Å². The number of rotatable bonds is 4. The van der Waals surface area contributed by atoms with E-state index in [4.69, 9.17) is 4.52 Å². The zero-order valence-corrected chi connectivity index (χ0v) is 14.1. The van der Waals surface area contributed by atoms with Crippen molar-refractivity contribution in [2.24, 2.45) is 0 Å². The van der Waals surface area contributed by atoms with Crippen LogP contribution >= 0.6 is 19.9 Å². The van der Waals surface area contributed by atoms with Crippen LogP contribution in [-0.4, -0.2) is 7.11 Å². The van der Waals surface area contributed by atoms with Crippen LogP contribution in [0.1, 0.15) is 0 Å². The molecule has 0 unspecified atom stereocenters. The molecule has 0 bridgehead atoms. The monoisotopic (exact) mass is 329 g/mol. The van der Waals surface area contributed by atoms with Crippen LogP contribution in [0.25, 0.3) is 0 Å². The highest BCUT2D eigenvalue weighted by Gasteiger charge is 2.33. The molecule has 1 nitrogen and oxygen atoms in total. The smallest absolute Gasteiger partial charge is 0.0700 e. The normalized spacial score (nSPS) is 10.8. The van der Waals surface area contributed by atoms with E-state index in [1.54, 1.807) is 0 Å². The fourth-order valence-corrected chi connectivity index (χ4v) is 5.98. The molecular weight excluding hydrogens is 311 g/mol. The van der Waals surface area contributed by atoms with Crippen LogP contribution in [0.2, 0.25) is 0 Å². The molecule has 0 saturated heterocycles. The highest BCUT2D eigenvalue weighted by atomic mass is 35.5. The van der Waals surface area contributed by atoms with Crippen molar-refractivity contribution in [3.05, 3.63) is 91.0 Å². The zero-order valence-electron chi connectivity index (χ0n) is 12.4. The Bertz CT molecular complexity index is 590. The van der Waals surface area contributed by atoms with Crippen molar-refractivity contribution in [2.45, 2.75) is 0 Å². The number of hydrogen-bond acceptors (Lipinski definition) is 1. The molecule has 3 rings (SSSR count). The second-order valence-electron chi connectivity index (χ2n) is 4.80. The number of benzene rings is 3. The SMILES string of the molecule is CO[P](c1ccccc1)(c1ccccc1)c1ccccc1.Cl. The molecule has 3 aromatic carbocycles. The first-order valence-corrected chi connectivity index (χ1v) is 8.70. The van der Waals surface area contributed by atoms with E-state index in [0.717, 1.165) is 0 Å². The molecule has 113 valence electrons. The van der Waals surface area contributed by atoms with Crippen molar-refractivity contribution < 1.29 is 4.52 Å². The fraction of sp³-hybridized carbons (Fsp3) is 0.0526. The Hall–Kier alpha value is -1.66. The van der Waals surface area contributed by atoms with Crippen molar-refractivity contribution in [1.82, 2.24) is 0 Å². The van der Waals surface area contributed by atoms with Crippen LogP contribution in [0.5, 0.6) is 0 Å². The molecule has 0 atom stereocenters. The highest BCUT2D eigenvalue weighted by Crippen LogP contribution is 2.55. The lowest BCUT2D eigenvalue weighted by molar-refractivity contribution is 0.466. The molecule has 0 heterocycles. The number of hydrogen-bond donors (Lipinski definition) is 0. The van der Waals surface area contributed by atoms with Gasteiger partial charge in [0.05, 0.1) is 7.49 Å². The second-order valence-corrected chi connectivity index (χ2v) is 7.93. The molecule has 0 N–H and O–H groups in total. The lowest BCUT2D eigenvalue weighted by atomic mass is 10.4. The minimum absolute atomic E-state index is 0. The third kappa shape index (κ3) is 2.94. The van der Waals surface area contributed by atoms with Gasteiger partial charge in [0, 0.05) is 23.0 Å². The lowest BCUT2D eigenvalue weighted by Crippen LogP contribution is -2.32. The summed E-state index contributed by atoms with van der Waals surface area (Å²) in [6.07, 6.45) is 0. The van der Waals surface area contributed by atoms with Gasteiger partial charge in [-0.2, -0.15) is 0 Å². The molecule has 0 aliphatic rings. The molecule has 3 heteroatoms. The van der Waals surface area contributed by atoms with Gasteiger partial charge in [-0.15, -0.1) is 12.4 Å². The first kappa shape index (κ1) is 16.7. The Morgan fingerprint density at radius 3 is 1.05 bits per heavy atom. The van der Waals surface area contributed by atoms with Gasteiger partial charge in [-0.05, 0) is 0 Å². The molecule has 0 spiro atoms. The third-order valence-electron chi connectivity index (χ3n) is 3.63. The Morgan fingerprint density at radius 2 is 0.818 bits per heavy atom. The molecule has 22 heavy (non-hydrogen) atoms. The topological polar surface area (TPSA) is 9.23 Å². The predicted molar refractivity (Wildman–Crippen MR) is 99.4 cm³/mol. The van der Waals surface area contributed by atoms with E-state index in [-0.39, 0.29) is 12.4 Å². The molecule has 0 amide bonds. The summed E-state index contributed by atoms with van der Waals surface area (Å²) < 4.78 is 6.21. The van der Waals surface area contributed by atoms with Crippen LogP contribution in [0, 0.1) is 0 Å². The van der Waals surface area contributed by atoms with Gasteiger partial charge in [0.2, 0.25) is 0 Å². The van der Waals surface area contributed by atoms with Gasteiger partial charge < -0.3 is 4.52 Å². The van der Waals surface area contributed by atoms with Gasteiger partial charge in [-0.3, -0.25) is 0 Å². The minimum Gasteiger partial charge on any atom is -0.355 e. The highest BCUT2D eigenvalue weighted by molar-refractivity contribution is 7.91. The van der Waals surface area contributed by atoms with E-state index in [2.05, 4.69) is 72.8 Å². The largest absolute Gasteiger partial charge is 0.355 e. The molecule has 0 aliphatic carbocycles. The van der Waals surface area contributed by atoms with Gasteiger partial charge in [0.1, 0.15) is 0 Å². The summed E-state index contributed by atoms with van der Waals surface area (Å²) in [5, 5.41) is 3.72. The van der Waals surface area contributed by atoms with Crippen molar-refractivity contribution in [2.75, 3.05) is 7.11 Å². The molecule has 0 aromatic heterocycles. The zero-order chi connectivity index (χ0) is 14.5. The third-order valence-corrected chi connectivity index (χ3v) is 7.26. The van der Waals surface area contributed by atoms with E-state index in [0.29, 0.717) is 0 Å². The summed E-state index contributed by atoms with van der Waals surface area (Å²) >= 11 is 0. The summed E-state index contributed by atoms with van der Waals surface area (Å²) in [4.78, 5) is 0. The molecule has 0 aliphatic heterocycles. The summed E-state index contributed by atoms with van der Waals surface area (Å²) in [5.74, 6) is 0. The summed E-state index contributed by atoms with van der Waals surface area (Å²) in [6, 6.07) is 31.6. The van der Waals surface area contributed by atoms with Crippen molar-refractivity contribution >= 4 is 35.8 Å². The van der Waals surface area contributed by atoms with E-state index >= 15 is 0 Å². The Balaban J connectivity index is 0.00000176. The van der Waals surface area contributed by atoms with Gasteiger partial charge >= 0.3 is 0 Å². The van der Waals surface area contributed by atoms with Gasteiger partial charge in [0.15, 0.2) is 0 Å². The Kier molecular flexibility index (Phi) is 5.74. The predicted octanol–water partition coefficient (Wildman–Crippen LogP) is 3.96. The van der Waals surface area contributed by atoms with Gasteiger partial charge in [-0.25, -0.2) is 0 Å². The summed E-state index contributed by atoms with van der Waals surface area (Å²) in [7, 11) is -0.214. The number of halogens is 1.